The van der Waals surface area contributed by atoms with Crippen LogP contribution in [0.5, 0.6) is 0 Å². The SMILES string of the molecule is CCC1=C2CCC3(C)C(CC[C@H]3O)C2CCC1=O. The van der Waals surface area contributed by atoms with Crippen molar-refractivity contribution in [1.29, 1.82) is 0 Å². The fourth-order valence-corrected chi connectivity index (χ4v) is 4.88. The predicted octanol–water partition coefficient (Wildman–Crippen LogP) is 3.24. The summed E-state index contributed by atoms with van der Waals surface area (Å²) in [5, 5.41) is 10.3. The summed E-state index contributed by atoms with van der Waals surface area (Å²) in [7, 11) is 0. The molecule has 3 unspecified atom stereocenters. The Morgan fingerprint density at radius 2 is 2.06 bits per heavy atom. The molecular formula is C16H24O2. The van der Waals surface area contributed by atoms with Crippen LogP contribution in [0.15, 0.2) is 11.1 Å². The summed E-state index contributed by atoms with van der Waals surface area (Å²) >= 11 is 0. The molecule has 100 valence electrons. The number of fused-ring (bicyclic) bond motifs is 3. The summed E-state index contributed by atoms with van der Waals surface area (Å²) < 4.78 is 0. The molecule has 0 aromatic heterocycles. The molecule has 0 aromatic carbocycles. The Bertz CT molecular complexity index is 409. The first-order valence-corrected chi connectivity index (χ1v) is 7.51. The van der Waals surface area contributed by atoms with Gasteiger partial charge in [-0.25, -0.2) is 0 Å². The van der Waals surface area contributed by atoms with E-state index >= 15 is 0 Å². The maximum Gasteiger partial charge on any atom is 0.158 e. The van der Waals surface area contributed by atoms with Crippen LogP contribution in [0.25, 0.3) is 0 Å². The highest BCUT2D eigenvalue weighted by Gasteiger charge is 2.53. The zero-order valence-electron chi connectivity index (χ0n) is 11.5. The molecular weight excluding hydrogens is 224 g/mol. The van der Waals surface area contributed by atoms with E-state index in [1.54, 1.807) is 0 Å². The lowest BCUT2D eigenvalue weighted by Crippen LogP contribution is -2.42. The van der Waals surface area contributed by atoms with E-state index in [0.717, 1.165) is 50.5 Å². The zero-order chi connectivity index (χ0) is 12.9. The van der Waals surface area contributed by atoms with Gasteiger partial charge in [0.25, 0.3) is 0 Å². The molecule has 0 radical (unpaired) electrons. The molecule has 18 heavy (non-hydrogen) atoms. The molecule has 0 bridgehead atoms. The van der Waals surface area contributed by atoms with E-state index in [1.165, 1.54) is 5.57 Å². The lowest BCUT2D eigenvalue weighted by molar-refractivity contribution is -0.117. The number of ketones is 1. The zero-order valence-corrected chi connectivity index (χ0v) is 11.5. The number of aliphatic hydroxyl groups is 1. The van der Waals surface area contributed by atoms with E-state index < -0.39 is 0 Å². The highest BCUT2D eigenvalue weighted by Crippen LogP contribution is 2.58. The van der Waals surface area contributed by atoms with Crippen molar-refractivity contribution in [2.75, 3.05) is 0 Å². The van der Waals surface area contributed by atoms with Gasteiger partial charge in [-0.3, -0.25) is 4.79 Å². The Balaban J connectivity index is 1.99. The van der Waals surface area contributed by atoms with Crippen LogP contribution < -0.4 is 0 Å². The summed E-state index contributed by atoms with van der Waals surface area (Å²) in [5.41, 5.74) is 2.72. The van der Waals surface area contributed by atoms with Gasteiger partial charge in [-0.1, -0.05) is 19.4 Å². The molecule has 2 heteroatoms. The monoisotopic (exact) mass is 248 g/mol. The van der Waals surface area contributed by atoms with E-state index in [9.17, 15) is 9.90 Å². The summed E-state index contributed by atoms with van der Waals surface area (Å²) in [6.45, 7) is 4.38. The number of aliphatic hydroxyl groups excluding tert-OH is 1. The van der Waals surface area contributed by atoms with Gasteiger partial charge < -0.3 is 5.11 Å². The van der Waals surface area contributed by atoms with E-state index in [-0.39, 0.29) is 11.5 Å². The third-order valence-electron chi connectivity index (χ3n) is 5.99. The van der Waals surface area contributed by atoms with Crippen molar-refractivity contribution in [2.45, 2.75) is 64.9 Å². The molecule has 0 aliphatic heterocycles. The minimum Gasteiger partial charge on any atom is -0.393 e. The summed E-state index contributed by atoms with van der Waals surface area (Å²) in [6, 6.07) is 0. The molecule has 0 saturated heterocycles. The van der Waals surface area contributed by atoms with Crippen LogP contribution >= 0.6 is 0 Å². The molecule has 0 heterocycles. The Hall–Kier alpha value is -0.630. The van der Waals surface area contributed by atoms with Gasteiger partial charge in [0.1, 0.15) is 0 Å². The number of rotatable bonds is 1. The van der Waals surface area contributed by atoms with Gasteiger partial charge in [0.2, 0.25) is 0 Å². The van der Waals surface area contributed by atoms with Crippen molar-refractivity contribution < 1.29 is 9.90 Å². The maximum atomic E-state index is 12.0. The first-order valence-electron chi connectivity index (χ1n) is 7.51. The molecule has 0 spiro atoms. The highest BCUT2D eigenvalue weighted by atomic mass is 16.3. The molecule has 1 N–H and O–H groups in total. The number of carbonyl (C=O) groups excluding carboxylic acids is 1. The fourth-order valence-electron chi connectivity index (χ4n) is 4.88. The first-order chi connectivity index (χ1) is 8.58. The van der Waals surface area contributed by atoms with Gasteiger partial charge in [-0.2, -0.15) is 0 Å². The second-order valence-electron chi connectivity index (χ2n) is 6.63. The van der Waals surface area contributed by atoms with Gasteiger partial charge in [0.05, 0.1) is 6.10 Å². The Labute approximate surface area is 109 Å². The average molecular weight is 248 g/mol. The molecule has 2 saturated carbocycles. The molecule has 0 amide bonds. The third-order valence-corrected chi connectivity index (χ3v) is 5.99. The second-order valence-corrected chi connectivity index (χ2v) is 6.63. The van der Waals surface area contributed by atoms with Gasteiger partial charge >= 0.3 is 0 Å². The van der Waals surface area contributed by atoms with Crippen LogP contribution in [-0.2, 0) is 4.79 Å². The average Bonchev–Trinajstić information content (AvgIpc) is 2.66. The Kier molecular flexibility index (Phi) is 2.89. The fraction of sp³-hybridized carbons (Fsp3) is 0.812. The molecule has 2 fully saturated rings. The molecule has 3 aliphatic rings. The lowest BCUT2D eigenvalue weighted by atomic mass is 9.58. The number of hydrogen-bond acceptors (Lipinski definition) is 2. The van der Waals surface area contributed by atoms with E-state index in [1.807, 2.05) is 0 Å². The quantitative estimate of drug-likeness (QED) is 0.773. The van der Waals surface area contributed by atoms with Crippen molar-refractivity contribution in [3.63, 3.8) is 0 Å². The lowest BCUT2D eigenvalue weighted by Gasteiger charge is -2.47. The smallest absolute Gasteiger partial charge is 0.158 e. The van der Waals surface area contributed by atoms with E-state index in [0.29, 0.717) is 17.6 Å². The summed E-state index contributed by atoms with van der Waals surface area (Å²) in [4.78, 5) is 12.0. The molecule has 4 atom stereocenters. The van der Waals surface area contributed by atoms with E-state index in [4.69, 9.17) is 0 Å². The molecule has 2 nitrogen and oxygen atoms in total. The minimum absolute atomic E-state index is 0.118. The predicted molar refractivity (Wildman–Crippen MR) is 71.1 cm³/mol. The topological polar surface area (TPSA) is 37.3 Å². The van der Waals surface area contributed by atoms with Crippen molar-refractivity contribution in [1.82, 2.24) is 0 Å². The molecule has 3 rings (SSSR count). The second kappa shape index (κ2) is 4.19. The number of hydrogen-bond donors (Lipinski definition) is 1. The van der Waals surface area contributed by atoms with Gasteiger partial charge in [0.15, 0.2) is 5.78 Å². The van der Waals surface area contributed by atoms with Crippen molar-refractivity contribution in [3.05, 3.63) is 11.1 Å². The number of carbonyl (C=O) groups is 1. The van der Waals surface area contributed by atoms with Crippen LogP contribution in [0, 0.1) is 17.3 Å². The summed E-state index contributed by atoms with van der Waals surface area (Å²) in [5.74, 6) is 1.60. The van der Waals surface area contributed by atoms with Crippen molar-refractivity contribution >= 4 is 5.78 Å². The third kappa shape index (κ3) is 1.54. The van der Waals surface area contributed by atoms with Crippen LogP contribution in [0.3, 0.4) is 0 Å². The van der Waals surface area contributed by atoms with Gasteiger partial charge in [-0.05, 0) is 61.3 Å². The van der Waals surface area contributed by atoms with Gasteiger partial charge in [0, 0.05) is 6.42 Å². The Morgan fingerprint density at radius 1 is 1.28 bits per heavy atom. The number of Topliss-reactive ketones (excluding diaryl/α,β-unsaturated/α-hetero) is 1. The maximum absolute atomic E-state index is 12.0. The highest BCUT2D eigenvalue weighted by molar-refractivity contribution is 5.97. The largest absolute Gasteiger partial charge is 0.393 e. The first kappa shape index (κ1) is 12.4. The van der Waals surface area contributed by atoms with Crippen LogP contribution in [0.4, 0.5) is 0 Å². The van der Waals surface area contributed by atoms with Crippen molar-refractivity contribution in [3.8, 4) is 0 Å². The number of allylic oxidation sites excluding steroid dienone is 2. The van der Waals surface area contributed by atoms with Crippen LogP contribution in [-0.4, -0.2) is 17.0 Å². The standard InChI is InChI=1S/C16H24O2/c1-3-10-11-8-9-16(2)13(5-7-15(16)18)12(11)4-6-14(10)17/h12-13,15,18H,3-9H2,1-2H3/t12?,13?,15-,16?/m1/s1. The van der Waals surface area contributed by atoms with Crippen LogP contribution in [0.1, 0.15) is 58.8 Å². The molecule has 3 aliphatic carbocycles. The van der Waals surface area contributed by atoms with E-state index in [2.05, 4.69) is 13.8 Å². The minimum atomic E-state index is -0.119. The normalized spacial score (nSPS) is 43.9. The van der Waals surface area contributed by atoms with Crippen molar-refractivity contribution in [2.24, 2.45) is 17.3 Å². The van der Waals surface area contributed by atoms with Gasteiger partial charge in [-0.15, -0.1) is 0 Å². The Morgan fingerprint density at radius 3 is 2.78 bits per heavy atom. The summed E-state index contributed by atoms with van der Waals surface area (Å²) in [6.07, 6.45) is 6.77. The molecule has 0 aromatic rings. The van der Waals surface area contributed by atoms with Crippen LogP contribution in [0.2, 0.25) is 0 Å².